The smallest absolute Gasteiger partial charge is 0.264 e. The number of rotatable bonds is 9. The van der Waals surface area contributed by atoms with Gasteiger partial charge in [-0.15, -0.1) is 9.24 Å². The van der Waals surface area contributed by atoms with Crippen LogP contribution in [0.5, 0.6) is 0 Å². The van der Waals surface area contributed by atoms with Crippen LogP contribution in [-0.4, -0.2) is 78.4 Å². The minimum atomic E-state index is -3.37. The molecule has 3 atom stereocenters. The summed E-state index contributed by atoms with van der Waals surface area (Å²) in [7, 11) is -4.05. The third-order valence-corrected chi connectivity index (χ3v) is 5.81. The van der Waals surface area contributed by atoms with Gasteiger partial charge in [-0.1, -0.05) is 6.42 Å². The Morgan fingerprint density at radius 2 is 1.71 bits per heavy atom. The normalized spacial score (nSPS) is 23.2. The van der Waals surface area contributed by atoms with E-state index in [-0.39, 0.29) is 37.4 Å². The Morgan fingerprint density at radius 3 is 2.25 bits per heavy atom. The first-order valence-corrected chi connectivity index (χ1v) is 13.6. The highest BCUT2D eigenvalue weighted by Crippen LogP contribution is 2.39. The van der Waals surface area contributed by atoms with E-state index >= 15 is 0 Å². The molecule has 2 fully saturated rings. The standard InChI is InChI=1S/C12H23O5PS.C4H10O4S/c1-19(13,14)16-9-11(18)7-10-8-15-12(17-10)5-3-2-4-6-12;1-9(6,7)8-4-2-3-5/h10-11H,2-9,18H2,1H3;5H,2-4H2,1H3/t10-,11?;/m0./s1. The first-order chi connectivity index (χ1) is 12.9. The molecule has 0 aromatic rings. The molecule has 1 saturated heterocycles. The molecule has 1 N–H and O–H groups in total. The molecule has 12 heteroatoms. The lowest BCUT2D eigenvalue weighted by molar-refractivity contribution is -0.187. The first kappa shape index (κ1) is 26.2. The molecule has 1 aliphatic carbocycles. The van der Waals surface area contributed by atoms with E-state index in [1.807, 2.05) is 0 Å². The molecule has 0 bridgehead atoms. The van der Waals surface area contributed by atoms with Crippen molar-refractivity contribution in [2.24, 2.45) is 0 Å². The van der Waals surface area contributed by atoms with Gasteiger partial charge in [0, 0.05) is 25.1 Å². The van der Waals surface area contributed by atoms with Gasteiger partial charge in [-0.3, -0.25) is 8.37 Å². The van der Waals surface area contributed by atoms with Crippen LogP contribution in [0.4, 0.5) is 0 Å². The molecule has 2 aliphatic rings. The maximum absolute atomic E-state index is 10.9. The van der Waals surface area contributed by atoms with E-state index in [1.54, 1.807) is 0 Å². The van der Waals surface area contributed by atoms with Crippen molar-refractivity contribution in [1.82, 2.24) is 0 Å². The van der Waals surface area contributed by atoms with E-state index in [2.05, 4.69) is 13.4 Å². The third-order valence-electron chi connectivity index (χ3n) is 4.19. The van der Waals surface area contributed by atoms with Crippen LogP contribution in [0.1, 0.15) is 44.9 Å². The second-order valence-corrected chi connectivity index (χ2v) is 11.3. The molecule has 2 unspecified atom stereocenters. The van der Waals surface area contributed by atoms with Crippen molar-refractivity contribution < 1.29 is 39.8 Å². The fourth-order valence-corrected chi connectivity index (χ4v) is 4.36. The molecule has 0 amide bonds. The number of aliphatic hydroxyl groups excluding tert-OH is 1. The van der Waals surface area contributed by atoms with Crippen molar-refractivity contribution in [3.05, 3.63) is 0 Å². The van der Waals surface area contributed by atoms with Gasteiger partial charge in [-0.25, -0.2) is 0 Å². The molecule has 1 aliphatic heterocycles. The number of ether oxygens (including phenoxy) is 2. The van der Waals surface area contributed by atoms with E-state index in [4.69, 9.17) is 18.8 Å². The number of hydrogen-bond acceptors (Lipinski definition) is 9. The van der Waals surface area contributed by atoms with Crippen LogP contribution in [0.3, 0.4) is 0 Å². The van der Waals surface area contributed by atoms with Gasteiger partial charge in [0.25, 0.3) is 20.2 Å². The molecule has 2 rings (SSSR count). The fourth-order valence-electron chi connectivity index (χ4n) is 2.98. The average Bonchev–Trinajstić information content (AvgIpc) is 2.95. The van der Waals surface area contributed by atoms with E-state index in [1.165, 1.54) is 6.42 Å². The molecule has 9 nitrogen and oxygen atoms in total. The van der Waals surface area contributed by atoms with Gasteiger partial charge >= 0.3 is 0 Å². The minimum Gasteiger partial charge on any atom is -0.396 e. The predicted octanol–water partition coefficient (Wildman–Crippen LogP) is 1.02. The Kier molecular flexibility index (Phi) is 11.3. The zero-order valence-electron chi connectivity index (χ0n) is 16.5. The van der Waals surface area contributed by atoms with Crippen molar-refractivity contribution in [3.8, 4) is 0 Å². The minimum absolute atomic E-state index is 0.0451. The second kappa shape index (κ2) is 12.1. The van der Waals surface area contributed by atoms with E-state index in [9.17, 15) is 16.8 Å². The Balaban J connectivity index is 0.000000370. The molecule has 0 aromatic carbocycles. The topological polar surface area (TPSA) is 125 Å². The van der Waals surface area contributed by atoms with Crippen molar-refractivity contribution in [1.29, 1.82) is 0 Å². The summed E-state index contributed by atoms with van der Waals surface area (Å²) in [5, 5.41) is 8.19. The van der Waals surface area contributed by atoms with Gasteiger partial charge in [0.1, 0.15) is 0 Å². The van der Waals surface area contributed by atoms with Crippen LogP contribution in [0.15, 0.2) is 0 Å². The molecular weight excluding hydrogens is 431 g/mol. The molecule has 0 radical (unpaired) electrons. The molecule has 168 valence electrons. The highest BCUT2D eigenvalue weighted by Gasteiger charge is 2.42. The quantitative estimate of drug-likeness (QED) is 0.302. The van der Waals surface area contributed by atoms with Gasteiger partial charge < -0.3 is 14.6 Å². The molecule has 1 heterocycles. The van der Waals surface area contributed by atoms with E-state index in [0.717, 1.165) is 44.6 Å². The SMILES string of the molecule is CS(=O)(=O)OCC(P)C[C@H]1COC2(CCCCC2)O1.CS(=O)(=O)OCCCO. The zero-order chi connectivity index (χ0) is 21.3. The van der Waals surface area contributed by atoms with Crippen molar-refractivity contribution in [2.75, 3.05) is 38.9 Å². The maximum atomic E-state index is 10.9. The van der Waals surface area contributed by atoms with Gasteiger partial charge in [-0.05, 0) is 25.7 Å². The Hall–Kier alpha value is 0.130. The largest absolute Gasteiger partial charge is 0.396 e. The highest BCUT2D eigenvalue weighted by molar-refractivity contribution is 7.86. The Labute approximate surface area is 170 Å². The van der Waals surface area contributed by atoms with Crippen LogP contribution in [0.25, 0.3) is 0 Å². The van der Waals surface area contributed by atoms with Gasteiger partial charge in [-0.2, -0.15) is 16.8 Å². The second-order valence-electron chi connectivity index (χ2n) is 7.11. The van der Waals surface area contributed by atoms with Gasteiger partial charge in [0.2, 0.25) is 0 Å². The predicted molar refractivity (Wildman–Crippen MR) is 108 cm³/mol. The van der Waals surface area contributed by atoms with E-state index in [0.29, 0.717) is 13.0 Å². The summed E-state index contributed by atoms with van der Waals surface area (Å²) >= 11 is 0. The molecular formula is C16H33O9PS2. The maximum Gasteiger partial charge on any atom is 0.264 e. The Bertz CT molecular complexity index is 645. The summed E-state index contributed by atoms with van der Waals surface area (Å²) in [6.45, 7) is 0.797. The van der Waals surface area contributed by atoms with Crippen molar-refractivity contribution >= 4 is 29.5 Å². The summed E-state index contributed by atoms with van der Waals surface area (Å²) in [6, 6.07) is 0. The fraction of sp³-hybridized carbons (Fsp3) is 1.00. The molecule has 28 heavy (non-hydrogen) atoms. The molecule has 1 saturated carbocycles. The Morgan fingerprint density at radius 1 is 1.11 bits per heavy atom. The monoisotopic (exact) mass is 464 g/mol. The van der Waals surface area contributed by atoms with Crippen LogP contribution in [0.2, 0.25) is 0 Å². The lowest BCUT2D eigenvalue weighted by Crippen LogP contribution is -2.33. The lowest BCUT2D eigenvalue weighted by Gasteiger charge is -2.32. The lowest BCUT2D eigenvalue weighted by atomic mass is 9.94. The summed E-state index contributed by atoms with van der Waals surface area (Å²) in [5.74, 6) is -0.356. The van der Waals surface area contributed by atoms with Crippen LogP contribution < -0.4 is 0 Å². The number of aliphatic hydroxyl groups is 1. The summed E-state index contributed by atoms with van der Waals surface area (Å²) in [5.41, 5.74) is 0.0575. The molecule has 0 aromatic heterocycles. The highest BCUT2D eigenvalue weighted by atomic mass is 32.2. The summed E-state index contributed by atoms with van der Waals surface area (Å²) < 4.78 is 63.2. The van der Waals surface area contributed by atoms with Crippen LogP contribution in [-0.2, 0) is 38.1 Å². The zero-order valence-corrected chi connectivity index (χ0v) is 19.3. The van der Waals surface area contributed by atoms with Crippen LogP contribution >= 0.6 is 9.24 Å². The first-order valence-electron chi connectivity index (χ1n) is 9.32. The molecule has 1 spiro atoms. The number of hydrogen-bond donors (Lipinski definition) is 1. The van der Waals surface area contributed by atoms with E-state index < -0.39 is 20.2 Å². The van der Waals surface area contributed by atoms with Crippen LogP contribution in [0, 0.1) is 0 Å². The van der Waals surface area contributed by atoms with Crippen molar-refractivity contribution in [2.45, 2.75) is 62.5 Å². The van der Waals surface area contributed by atoms with Gasteiger partial charge in [0.15, 0.2) is 5.79 Å². The summed E-state index contributed by atoms with van der Waals surface area (Å²) in [6.07, 6.45) is 8.71. The van der Waals surface area contributed by atoms with Crippen molar-refractivity contribution in [3.63, 3.8) is 0 Å². The van der Waals surface area contributed by atoms with Gasteiger partial charge in [0.05, 0.1) is 38.4 Å². The summed E-state index contributed by atoms with van der Waals surface area (Å²) in [4.78, 5) is 0. The average molecular weight is 465 g/mol. The third kappa shape index (κ3) is 12.0.